The fourth-order valence-electron chi connectivity index (χ4n) is 2.50. The van der Waals surface area contributed by atoms with Crippen molar-refractivity contribution in [3.05, 3.63) is 23.8 Å². The van der Waals surface area contributed by atoms with Crippen LogP contribution in [0, 0.1) is 0 Å². The second kappa shape index (κ2) is 3.74. The summed E-state index contributed by atoms with van der Waals surface area (Å²) in [5.41, 5.74) is 6.61. The number of phenolic OH excluding ortho intramolecular Hbond substituents is 2. The van der Waals surface area contributed by atoms with E-state index in [-0.39, 0.29) is 16.9 Å². The highest BCUT2D eigenvalue weighted by molar-refractivity contribution is 5.44. The van der Waals surface area contributed by atoms with Crippen LogP contribution >= 0.6 is 0 Å². The van der Waals surface area contributed by atoms with E-state index in [1.54, 1.807) is 6.07 Å². The lowest BCUT2D eigenvalue weighted by atomic mass is 9.62. The summed E-state index contributed by atoms with van der Waals surface area (Å²) < 4.78 is 0. The summed E-state index contributed by atoms with van der Waals surface area (Å²) in [6.07, 6.45) is 4.27. The van der Waals surface area contributed by atoms with Crippen LogP contribution in [0.5, 0.6) is 11.5 Å². The standard InChI is InChI=1S/C12H17NO2/c13-7-6-12(4-1-5-12)10-3-2-9(14)8-11(10)15/h2-3,8,14-15H,1,4-7,13H2. The Morgan fingerprint density at radius 2 is 2.00 bits per heavy atom. The van der Waals surface area contributed by atoms with Gasteiger partial charge in [-0.05, 0) is 31.9 Å². The average molecular weight is 207 g/mol. The van der Waals surface area contributed by atoms with Crippen LogP contribution in [0.3, 0.4) is 0 Å². The van der Waals surface area contributed by atoms with Crippen LogP contribution in [-0.4, -0.2) is 16.8 Å². The van der Waals surface area contributed by atoms with Crippen LogP contribution in [0.1, 0.15) is 31.2 Å². The Morgan fingerprint density at radius 1 is 1.27 bits per heavy atom. The first kappa shape index (κ1) is 10.3. The van der Waals surface area contributed by atoms with Gasteiger partial charge in [-0.3, -0.25) is 0 Å². The molecule has 3 heteroatoms. The number of nitrogens with two attached hydrogens (primary N) is 1. The predicted molar refractivity (Wildman–Crippen MR) is 59.0 cm³/mol. The number of phenols is 2. The molecule has 0 atom stereocenters. The summed E-state index contributed by atoms with van der Waals surface area (Å²) in [7, 11) is 0. The highest BCUT2D eigenvalue weighted by Crippen LogP contribution is 2.49. The summed E-state index contributed by atoms with van der Waals surface area (Å²) in [5, 5.41) is 19.1. The minimum Gasteiger partial charge on any atom is -0.508 e. The van der Waals surface area contributed by atoms with Crippen LogP contribution in [0.4, 0.5) is 0 Å². The molecule has 4 N–H and O–H groups in total. The smallest absolute Gasteiger partial charge is 0.123 e. The largest absolute Gasteiger partial charge is 0.508 e. The molecule has 1 fully saturated rings. The van der Waals surface area contributed by atoms with Crippen molar-refractivity contribution in [3.8, 4) is 11.5 Å². The van der Waals surface area contributed by atoms with Gasteiger partial charge in [-0.2, -0.15) is 0 Å². The molecule has 0 heterocycles. The van der Waals surface area contributed by atoms with Crippen molar-refractivity contribution in [2.75, 3.05) is 6.54 Å². The molecule has 0 amide bonds. The molecule has 0 bridgehead atoms. The third-order valence-electron chi connectivity index (χ3n) is 3.49. The van der Waals surface area contributed by atoms with E-state index in [9.17, 15) is 10.2 Å². The highest BCUT2D eigenvalue weighted by Gasteiger charge is 2.39. The fraction of sp³-hybridized carbons (Fsp3) is 0.500. The second-order valence-electron chi connectivity index (χ2n) is 4.37. The molecule has 82 valence electrons. The van der Waals surface area contributed by atoms with Crippen LogP contribution in [0.15, 0.2) is 18.2 Å². The first-order valence-corrected chi connectivity index (χ1v) is 5.40. The van der Waals surface area contributed by atoms with Crippen LogP contribution < -0.4 is 5.73 Å². The highest BCUT2D eigenvalue weighted by atomic mass is 16.3. The van der Waals surface area contributed by atoms with E-state index in [1.165, 1.54) is 12.5 Å². The van der Waals surface area contributed by atoms with E-state index in [2.05, 4.69) is 0 Å². The van der Waals surface area contributed by atoms with Gasteiger partial charge in [0.25, 0.3) is 0 Å². The van der Waals surface area contributed by atoms with Crippen molar-refractivity contribution >= 4 is 0 Å². The minimum atomic E-state index is 0.0620. The summed E-state index contributed by atoms with van der Waals surface area (Å²) in [6, 6.07) is 4.86. The maximum Gasteiger partial charge on any atom is 0.123 e. The van der Waals surface area contributed by atoms with Crippen LogP contribution in [0.2, 0.25) is 0 Å². The van der Waals surface area contributed by atoms with Gasteiger partial charge in [-0.15, -0.1) is 0 Å². The second-order valence-corrected chi connectivity index (χ2v) is 4.37. The summed E-state index contributed by atoms with van der Waals surface area (Å²) >= 11 is 0. The molecule has 1 aliphatic carbocycles. The van der Waals surface area contributed by atoms with E-state index in [0.29, 0.717) is 6.54 Å². The Balaban J connectivity index is 2.34. The van der Waals surface area contributed by atoms with Gasteiger partial charge in [0.15, 0.2) is 0 Å². The van der Waals surface area contributed by atoms with Gasteiger partial charge in [0, 0.05) is 17.0 Å². The molecule has 1 aromatic rings. The van der Waals surface area contributed by atoms with Gasteiger partial charge in [0.1, 0.15) is 11.5 Å². The number of hydrogen-bond donors (Lipinski definition) is 3. The fourth-order valence-corrected chi connectivity index (χ4v) is 2.50. The molecule has 15 heavy (non-hydrogen) atoms. The summed E-state index contributed by atoms with van der Waals surface area (Å²) in [6.45, 7) is 0.639. The zero-order valence-corrected chi connectivity index (χ0v) is 8.74. The number of benzene rings is 1. The third-order valence-corrected chi connectivity index (χ3v) is 3.49. The molecule has 1 saturated carbocycles. The third kappa shape index (κ3) is 1.67. The van der Waals surface area contributed by atoms with Crippen LogP contribution in [0.25, 0.3) is 0 Å². The predicted octanol–water partition coefficient (Wildman–Crippen LogP) is 1.87. The van der Waals surface area contributed by atoms with Crippen molar-refractivity contribution in [2.24, 2.45) is 5.73 Å². The molecule has 0 radical (unpaired) electrons. The SMILES string of the molecule is NCCC1(c2ccc(O)cc2O)CCC1. The number of aromatic hydroxyl groups is 2. The number of rotatable bonds is 3. The first-order chi connectivity index (χ1) is 7.18. The zero-order valence-electron chi connectivity index (χ0n) is 8.74. The monoisotopic (exact) mass is 207 g/mol. The molecule has 2 rings (SSSR count). The van der Waals surface area contributed by atoms with E-state index < -0.39 is 0 Å². The van der Waals surface area contributed by atoms with E-state index >= 15 is 0 Å². The van der Waals surface area contributed by atoms with E-state index in [4.69, 9.17) is 5.73 Å². The van der Waals surface area contributed by atoms with Crippen molar-refractivity contribution in [1.82, 2.24) is 0 Å². The molecular weight excluding hydrogens is 190 g/mol. The van der Waals surface area contributed by atoms with Crippen molar-refractivity contribution in [3.63, 3.8) is 0 Å². The van der Waals surface area contributed by atoms with E-state index in [1.807, 2.05) is 6.07 Å². The molecule has 0 unspecified atom stereocenters. The molecule has 1 aromatic carbocycles. The topological polar surface area (TPSA) is 66.5 Å². The molecule has 0 spiro atoms. The van der Waals surface area contributed by atoms with Crippen molar-refractivity contribution in [1.29, 1.82) is 0 Å². The lowest BCUT2D eigenvalue weighted by Crippen LogP contribution is -2.36. The zero-order chi connectivity index (χ0) is 10.9. The average Bonchev–Trinajstić information content (AvgIpc) is 2.12. The molecule has 0 saturated heterocycles. The minimum absolute atomic E-state index is 0.0620. The van der Waals surface area contributed by atoms with Gasteiger partial charge in [0.2, 0.25) is 0 Å². The normalized spacial score (nSPS) is 18.5. The molecule has 0 aromatic heterocycles. The lowest BCUT2D eigenvalue weighted by molar-refractivity contribution is 0.222. The summed E-state index contributed by atoms with van der Waals surface area (Å²) in [5.74, 6) is 0.307. The maximum absolute atomic E-state index is 9.82. The van der Waals surface area contributed by atoms with Gasteiger partial charge < -0.3 is 15.9 Å². The maximum atomic E-state index is 9.82. The summed E-state index contributed by atoms with van der Waals surface area (Å²) in [4.78, 5) is 0. The van der Waals surface area contributed by atoms with Crippen molar-refractivity contribution in [2.45, 2.75) is 31.1 Å². The first-order valence-electron chi connectivity index (χ1n) is 5.40. The molecule has 0 aliphatic heterocycles. The molecule has 1 aliphatic rings. The molecular formula is C12H17NO2. The lowest BCUT2D eigenvalue weighted by Gasteiger charge is -2.42. The Hall–Kier alpha value is -1.22. The van der Waals surface area contributed by atoms with Gasteiger partial charge in [0.05, 0.1) is 0 Å². The van der Waals surface area contributed by atoms with Gasteiger partial charge >= 0.3 is 0 Å². The Kier molecular flexibility index (Phi) is 2.57. The van der Waals surface area contributed by atoms with Crippen molar-refractivity contribution < 1.29 is 10.2 Å². The van der Waals surface area contributed by atoms with E-state index in [0.717, 1.165) is 24.8 Å². The van der Waals surface area contributed by atoms with Crippen LogP contribution in [-0.2, 0) is 5.41 Å². The Labute approximate surface area is 89.5 Å². The quantitative estimate of drug-likeness (QED) is 0.708. The number of hydrogen-bond acceptors (Lipinski definition) is 3. The molecule has 3 nitrogen and oxygen atoms in total. The Morgan fingerprint density at radius 3 is 2.47 bits per heavy atom. The Bertz CT molecular complexity index is 359. The van der Waals surface area contributed by atoms with Gasteiger partial charge in [-0.25, -0.2) is 0 Å². The van der Waals surface area contributed by atoms with Gasteiger partial charge in [-0.1, -0.05) is 12.5 Å².